The van der Waals surface area contributed by atoms with Gasteiger partial charge in [0.1, 0.15) is 5.82 Å². The molecule has 1 saturated carbocycles. The molecule has 1 atom stereocenters. The number of benzene rings is 2. The molecule has 3 heteroatoms. The molecule has 0 aromatic heterocycles. The van der Waals surface area contributed by atoms with Gasteiger partial charge in [0.05, 0.1) is 0 Å². The lowest BCUT2D eigenvalue weighted by atomic mass is 10.1. The summed E-state index contributed by atoms with van der Waals surface area (Å²) in [4.78, 5) is 14.7. The lowest BCUT2D eigenvalue weighted by molar-refractivity contribution is 0.0975. The van der Waals surface area contributed by atoms with Gasteiger partial charge in [0, 0.05) is 17.3 Å². The third kappa shape index (κ3) is 2.97. The van der Waals surface area contributed by atoms with Crippen LogP contribution in [-0.4, -0.2) is 11.9 Å². The maximum absolute atomic E-state index is 13.0. The van der Waals surface area contributed by atoms with Gasteiger partial charge in [-0.3, -0.25) is 4.79 Å². The van der Waals surface area contributed by atoms with E-state index < -0.39 is 0 Å². The van der Waals surface area contributed by atoms with Crippen LogP contribution >= 0.6 is 0 Å². The Morgan fingerprint density at radius 2 is 1.71 bits per heavy atom. The highest BCUT2D eigenvalue weighted by Crippen LogP contribution is 2.37. The van der Waals surface area contributed by atoms with E-state index in [1.165, 1.54) is 25.0 Å². The zero-order valence-corrected chi connectivity index (χ0v) is 12.0. The Bertz CT molecular complexity index is 619. The molecule has 0 saturated heterocycles. The second-order valence-corrected chi connectivity index (χ2v) is 5.60. The monoisotopic (exact) mass is 283 g/mol. The first-order chi connectivity index (χ1) is 10.2. The van der Waals surface area contributed by atoms with E-state index >= 15 is 0 Å². The van der Waals surface area contributed by atoms with Gasteiger partial charge in [0.2, 0.25) is 0 Å². The van der Waals surface area contributed by atoms with Gasteiger partial charge in [0.15, 0.2) is 0 Å². The fourth-order valence-electron chi connectivity index (χ4n) is 2.65. The summed E-state index contributed by atoms with van der Waals surface area (Å²) in [6.45, 7) is 2.09. The number of hydrogen-bond acceptors (Lipinski definition) is 1. The molecule has 0 heterocycles. The SMILES string of the molecule is C[C@@H](C1CC1)N(C(=O)c1ccc(F)cc1)c1ccccc1. The van der Waals surface area contributed by atoms with Crippen molar-refractivity contribution in [3.63, 3.8) is 0 Å². The molecule has 2 aromatic carbocycles. The molecule has 1 amide bonds. The molecule has 2 aromatic rings. The number of carbonyl (C=O) groups excluding carboxylic acids is 1. The van der Waals surface area contributed by atoms with Crippen molar-refractivity contribution in [2.45, 2.75) is 25.8 Å². The van der Waals surface area contributed by atoms with E-state index in [1.807, 2.05) is 35.2 Å². The summed E-state index contributed by atoms with van der Waals surface area (Å²) >= 11 is 0. The zero-order chi connectivity index (χ0) is 14.8. The minimum atomic E-state index is -0.326. The van der Waals surface area contributed by atoms with Crippen molar-refractivity contribution in [2.24, 2.45) is 5.92 Å². The highest BCUT2D eigenvalue weighted by atomic mass is 19.1. The summed E-state index contributed by atoms with van der Waals surface area (Å²) in [5.74, 6) is 0.170. The zero-order valence-electron chi connectivity index (χ0n) is 12.0. The molecule has 0 bridgehead atoms. The molecular weight excluding hydrogens is 265 g/mol. The Morgan fingerprint density at radius 3 is 2.29 bits per heavy atom. The predicted octanol–water partition coefficient (Wildman–Crippen LogP) is 4.27. The molecule has 108 valence electrons. The van der Waals surface area contributed by atoms with Gasteiger partial charge in [-0.1, -0.05) is 18.2 Å². The first-order valence-electron chi connectivity index (χ1n) is 7.31. The Kier molecular flexibility index (Phi) is 3.74. The fourth-order valence-corrected chi connectivity index (χ4v) is 2.65. The van der Waals surface area contributed by atoms with Gasteiger partial charge < -0.3 is 4.90 Å². The lowest BCUT2D eigenvalue weighted by Gasteiger charge is -2.29. The smallest absolute Gasteiger partial charge is 0.258 e. The second kappa shape index (κ2) is 5.68. The average molecular weight is 283 g/mol. The van der Waals surface area contributed by atoms with Gasteiger partial charge in [-0.2, -0.15) is 0 Å². The highest BCUT2D eigenvalue weighted by Gasteiger charge is 2.35. The summed E-state index contributed by atoms with van der Waals surface area (Å²) < 4.78 is 13.0. The van der Waals surface area contributed by atoms with Crippen LogP contribution in [0.5, 0.6) is 0 Å². The van der Waals surface area contributed by atoms with Gasteiger partial charge in [-0.15, -0.1) is 0 Å². The quantitative estimate of drug-likeness (QED) is 0.820. The summed E-state index contributed by atoms with van der Waals surface area (Å²) in [7, 11) is 0. The molecule has 0 aliphatic heterocycles. The van der Waals surface area contributed by atoms with Crippen LogP contribution in [0.3, 0.4) is 0 Å². The second-order valence-electron chi connectivity index (χ2n) is 5.60. The molecule has 3 rings (SSSR count). The Balaban J connectivity index is 1.94. The Hall–Kier alpha value is -2.16. The van der Waals surface area contributed by atoms with E-state index in [-0.39, 0.29) is 17.8 Å². The van der Waals surface area contributed by atoms with Crippen molar-refractivity contribution in [2.75, 3.05) is 4.90 Å². The first-order valence-corrected chi connectivity index (χ1v) is 7.31. The van der Waals surface area contributed by atoms with Crippen LogP contribution in [0.1, 0.15) is 30.1 Å². The van der Waals surface area contributed by atoms with Crippen LogP contribution < -0.4 is 4.90 Å². The molecule has 2 nitrogen and oxygen atoms in total. The Labute approximate surface area is 124 Å². The topological polar surface area (TPSA) is 20.3 Å². The molecule has 0 radical (unpaired) electrons. The van der Waals surface area contributed by atoms with Crippen molar-refractivity contribution >= 4 is 11.6 Å². The molecule has 0 spiro atoms. The number of halogens is 1. The average Bonchev–Trinajstić information content (AvgIpc) is 3.34. The van der Waals surface area contributed by atoms with Gasteiger partial charge in [-0.05, 0) is 62.1 Å². The molecule has 0 unspecified atom stereocenters. The van der Waals surface area contributed by atoms with Crippen molar-refractivity contribution in [3.05, 3.63) is 66.0 Å². The third-order valence-corrected chi connectivity index (χ3v) is 4.06. The van der Waals surface area contributed by atoms with Crippen LogP contribution in [0, 0.1) is 11.7 Å². The lowest BCUT2D eigenvalue weighted by Crippen LogP contribution is -2.40. The number of para-hydroxylation sites is 1. The van der Waals surface area contributed by atoms with E-state index in [4.69, 9.17) is 0 Å². The Morgan fingerprint density at radius 1 is 1.10 bits per heavy atom. The van der Waals surface area contributed by atoms with Crippen LogP contribution in [0.25, 0.3) is 0 Å². The predicted molar refractivity (Wildman–Crippen MR) is 81.8 cm³/mol. The number of rotatable bonds is 4. The van der Waals surface area contributed by atoms with E-state index in [2.05, 4.69) is 6.92 Å². The van der Waals surface area contributed by atoms with Crippen LogP contribution in [-0.2, 0) is 0 Å². The standard InChI is InChI=1S/C18H18FNO/c1-13(14-7-8-14)20(17-5-3-2-4-6-17)18(21)15-9-11-16(19)12-10-15/h2-6,9-14H,7-8H2,1H3/t13-/m0/s1. The van der Waals surface area contributed by atoms with E-state index in [9.17, 15) is 9.18 Å². The van der Waals surface area contributed by atoms with Gasteiger partial charge in [-0.25, -0.2) is 4.39 Å². The molecule has 1 aliphatic rings. The molecule has 0 N–H and O–H groups in total. The molecule has 21 heavy (non-hydrogen) atoms. The van der Waals surface area contributed by atoms with Gasteiger partial charge >= 0.3 is 0 Å². The summed E-state index contributed by atoms with van der Waals surface area (Å²) in [6, 6.07) is 15.6. The van der Waals surface area contributed by atoms with Gasteiger partial charge in [0.25, 0.3) is 5.91 Å². The maximum Gasteiger partial charge on any atom is 0.258 e. The number of nitrogens with zero attached hydrogens (tertiary/aromatic N) is 1. The van der Waals surface area contributed by atoms with E-state index in [1.54, 1.807) is 12.1 Å². The number of amides is 1. The molecule has 1 fully saturated rings. The largest absolute Gasteiger partial charge is 0.305 e. The summed E-state index contributed by atoms with van der Waals surface area (Å²) in [5.41, 5.74) is 1.42. The van der Waals surface area contributed by atoms with Crippen LogP contribution in [0.4, 0.5) is 10.1 Å². The van der Waals surface area contributed by atoms with E-state index in [0.29, 0.717) is 11.5 Å². The third-order valence-electron chi connectivity index (χ3n) is 4.06. The van der Waals surface area contributed by atoms with E-state index in [0.717, 1.165) is 5.69 Å². The molecular formula is C18H18FNO. The summed E-state index contributed by atoms with van der Waals surface area (Å²) in [5, 5.41) is 0. The fraction of sp³-hybridized carbons (Fsp3) is 0.278. The first kappa shape index (κ1) is 13.8. The minimum Gasteiger partial charge on any atom is -0.305 e. The normalized spacial score (nSPS) is 15.5. The number of carbonyl (C=O) groups is 1. The summed E-state index contributed by atoms with van der Waals surface area (Å²) in [6.07, 6.45) is 2.34. The number of hydrogen-bond donors (Lipinski definition) is 0. The van der Waals surface area contributed by atoms with Crippen molar-refractivity contribution < 1.29 is 9.18 Å². The minimum absolute atomic E-state index is 0.0689. The van der Waals surface area contributed by atoms with Crippen molar-refractivity contribution in [1.82, 2.24) is 0 Å². The van der Waals surface area contributed by atoms with Crippen LogP contribution in [0.2, 0.25) is 0 Å². The highest BCUT2D eigenvalue weighted by molar-refractivity contribution is 6.06. The van der Waals surface area contributed by atoms with Crippen LogP contribution in [0.15, 0.2) is 54.6 Å². The van der Waals surface area contributed by atoms with Crippen molar-refractivity contribution in [1.29, 1.82) is 0 Å². The number of anilines is 1. The molecule has 1 aliphatic carbocycles. The van der Waals surface area contributed by atoms with Crippen molar-refractivity contribution in [3.8, 4) is 0 Å². The maximum atomic E-state index is 13.0.